The summed E-state index contributed by atoms with van der Waals surface area (Å²) in [5.41, 5.74) is 5.40. The van der Waals surface area contributed by atoms with Crippen molar-refractivity contribution in [2.75, 3.05) is 26.4 Å². The summed E-state index contributed by atoms with van der Waals surface area (Å²) in [7, 11) is -4.39. The van der Waals surface area contributed by atoms with Crippen molar-refractivity contribution in [1.29, 1.82) is 0 Å². The quantitative estimate of drug-likeness (QED) is 0.0264. The predicted molar refractivity (Wildman–Crippen MR) is 339 cm³/mol. The second kappa shape index (κ2) is 64.4. The van der Waals surface area contributed by atoms with Gasteiger partial charge in [-0.05, 0) is 89.9 Å². The lowest BCUT2D eigenvalue weighted by Gasteiger charge is -2.19. The van der Waals surface area contributed by atoms with Crippen LogP contribution in [-0.4, -0.2) is 49.3 Å². The number of nitrogens with two attached hydrogens (primary N) is 1. The molecule has 0 amide bonds. The topological polar surface area (TPSA) is 134 Å². The molecule has 9 nitrogen and oxygen atoms in total. The van der Waals surface area contributed by atoms with E-state index in [0.29, 0.717) is 6.42 Å². The first-order chi connectivity index (χ1) is 38.8. The Morgan fingerprint density at radius 3 is 1.04 bits per heavy atom. The fraction of sp³-hybridized carbons (Fsp3) is 0.768. The maximum absolute atomic E-state index is 12.8. The van der Waals surface area contributed by atoms with Gasteiger partial charge in [0.2, 0.25) is 0 Å². The van der Waals surface area contributed by atoms with Gasteiger partial charge in [0.1, 0.15) is 6.61 Å². The van der Waals surface area contributed by atoms with Crippen molar-refractivity contribution in [3.63, 3.8) is 0 Å². The first-order valence-electron chi connectivity index (χ1n) is 33.1. The third-order valence-corrected chi connectivity index (χ3v) is 15.2. The standard InChI is InChI=1S/C69H124NO8P/c1-3-5-7-9-11-13-15-17-19-21-23-25-27-29-30-31-32-33-34-35-36-38-40-42-44-46-48-50-52-54-56-58-60-62-69(72)78-67(66-77-79(73,74)76-64-63-70)65-75-68(71)61-59-57-55-53-51-49-47-45-43-41-39-37-28-26-24-22-20-18-16-14-12-10-8-6-4-2/h5,7,11,13,16-19,22-25,28,37,67H,3-4,6,8-10,12,14-15,20-21,26-27,29-36,38-66,70H2,1-2H3,(H,73,74)/b7-5-,13-11-,18-16-,19-17-,24-22-,25-23-,37-28-. The number of hydrogen-bond donors (Lipinski definition) is 2. The average Bonchev–Trinajstić information content (AvgIpc) is 3.44. The van der Waals surface area contributed by atoms with Crippen LogP contribution in [0.1, 0.15) is 309 Å². The molecule has 458 valence electrons. The van der Waals surface area contributed by atoms with E-state index in [1.165, 1.54) is 199 Å². The molecule has 0 aliphatic carbocycles. The second-order valence-electron chi connectivity index (χ2n) is 22.0. The highest BCUT2D eigenvalue weighted by atomic mass is 31.2. The third-order valence-electron chi connectivity index (χ3n) is 14.3. The molecular formula is C69H124NO8P. The van der Waals surface area contributed by atoms with Gasteiger partial charge in [-0.2, -0.15) is 0 Å². The van der Waals surface area contributed by atoms with Gasteiger partial charge in [0.15, 0.2) is 6.10 Å². The van der Waals surface area contributed by atoms with Gasteiger partial charge in [-0.15, -0.1) is 0 Å². The van der Waals surface area contributed by atoms with Crippen LogP contribution in [0, 0.1) is 0 Å². The van der Waals surface area contributed by atoms with E-state index in [4.69, 9.17) is 24.3 Å². The van der Waals surface area contributed by atoms with Crippen molar-refractivity contribution in [2.45, 2.75) is 315 Å². The lowest BCUT2D eigenvalue weighted by molar-refractivity contribution is -0.161. The SMILES string of the molecule is CC/C=C\C/C=C\C/C=C\C/C=C\CCCCCCCCCCCCCCCCCCCCCCC(=O)OC(COC(=O)CCCCCCCCCCCC/C=C\C/C=C\C/C=C\CCCCCCC)COP(=O)(O)OCCN. The van der Waals surface area contributed by atoms with Gasteiger partial charge in [-0.25, -0.2) is 4.57 Å². The Bertz CT molecular complexity index is 1570. The highest BCUT2D eigenvalue weighted by molar-refractivity contribution is 7.47. The molecule has 79 heavy (non-hydrogen) atoms. The molecule has 3 N–H and O–H groups in total. The van der Waals surface area contributed by atoms with Crippen LogP contribution < -0.4 is 5.73 Å². The Morgan fingerprint density at radius 1 is 0.392 bits per heavy atom. The Balaban J connectivity index is 3.88. The van der Waals surface area contributed by atoms with Crippen LogP contribution in [0.2, 0.25) is 0 Å². The zero-order valence-electron chi connectivity index (χ0n) is 51.3. The van der Waals surface area contributed by atoms with Crippen molar-refractivity contribution >= 4 is 19.8 Å². The molecule has 0 aromatic rings. The number of allylic oxidation sites excluding steroid dienone is 14. The molecule has 0 fully saturated rings. The summed E-state index contributed by atoms with van der Waals surface area (Å²) in [5.74, 6) is -0.822. The van der Waals surface area contributed by atoms with Crippen LogP contribution in [0.3, 0.4) is 0 Å². The molecule has 0 aliphatic heterocycles. The largest absolute Gasteiger partial charge is 0.472 e. The summed E-state index contributed by atoms with van der Waals surface area (Å²) >= 11 is 0. The molecule has 2 atom stereocenters. The molecule has 2 unspecified atom stereocenters. The molecule has 0 spiro atoms. The Kier molecular flexibility index (Phi) is 62.1. The molecule has 0 aromatic carbocycles. The van der Waals surface area contributed by atoms with Crippen LogP contribution in [0.4, 0.5) is 0 Å². The molecule has 0 bridgehead atoms. The van der Waals surface area contributed by atoms with E-state index in [1.807, 2.05) is 0 Å². The minimum absolute atomic E-state index is 0.0515. The molecule has 0 saturated heterocycles. The van der Waals surface area contributed by atoms with E-state index >= 15 is 0 Å². The smallest absolute Gasteiger partial charge is 0.462 e. The van der Waals surface area contributed by atoms with Gasteiger partial charge in [0, 0.05) is 19.4 Å². The zero-order valence-corrected chi connectivity index (χ0v) is 52.2. The van der Waals surface area contributed by atoms with E-state index in [2.05, 4.69) is 98.9 Å². The number of carbonyl (C=O) groups excluding carboxylic acids is 2. The highest BCUT2D eigenvalue weighted by Crippen LogP contribution is 2.43. The Hall–Kier alpha value is -2.81. The van der Waals surface area contributed by atoms with Crippen molar-refractivity contribution in [3.05, 3.63) is 85.1 Å². The van der Waals surface area contributed by atoms with Crippen LogP contribution in [0.15, 0.2) is 85.1 Å². The zero-order chi connectivity index (χ0) is 57.3. The summed E-state index contributed by atoms with van der Waals surface area (Å²) in [6, 6.07) is 0. The lowest BCUT2D eigenvalue weighted by Crippen LogP contribution is -2.29. The second-order valence-corrected chi connectivity index (χ2v) is 23.4. The number of carbonyl (C=O) groups is 2. The van der Waals surface area contributed by atoms with E-state index in [1.54, 1.807) is 0 Å². The van der Waals surface area contributed by atoms with E-state index in [9.17, 15) is 19.0 Å². The van der Waals surface area contributed by atoms with Crippen molar-refractivity contribution in [3.8, 4) is 0 Å². The van der Waals surface area contributed by atoms with Gasteiger partial charge in [0.05, 0.1) is 13.2 Å². The normalized spacial score (nSPS) is 13.5. The summed E-state index contributed by atoms with van der Waals surface area (Å²) in [6.45, 7) is 3.65. The summed E-state index contributed by atoms with van der Waals surface area (Å²) in [4.78, 5) is 35.3. The van der Waals surface area contributed by atoms with Crippen molar-refractivity contribution in [1.82, 2.24) is 0 Å². The van der Waals surface area contributed by atoms with E-state index in [0.717, 1.165) is 77.0 Å². The monoisotopic (exact) mass is 1130 g/mol. The molecule has 0 rings (SSSR count). The van der Waals surface area contributed by atoms with Crippen LogP contribution in [0.25, 0.3) is 0 Å². The third kappa shape index (κ3) is 64.2. The minimum atomic E-state index is -4.39. The number of ether oxygens (including phenoxy) is 2. The number of hydrogen-bond acceptors (Lipinski definition) is 8. The lowest BCUT2D eigenvalue weighted by atomic mass is 10.0. The Morgan fingerprint density at radius 2 is 0.696 bits per heavy atom. The molecule has 0 heterocycles. The van der Waals surface area contributed by atoms with Crippen LogP contribution in [0.5, 0.6) is 0 Å². The number of unbranched alkanes of at least 4 members (excludes halogenated alkanes) is 35. The molecule has 0 aromatic heterocycles. The van der Waals surface area contributed by atoms with E-state index in [-0.39, 0.29) is 38.6 Å². The number of phosphoric acid groups is 1. The number of rotatable bonds is 62. The van der Waals surface area contributed by atoms with Gasteiger partial charge in [0.25, 0.3) is 0 Å². The van der Waals surface area contributed by atoms with Gasteiger partial charge in [-0.1, -0.05) is 292 Å². The average molecular weight is 1130 g/mol. The number of phosphoric ester groups is 1. The first kappa shape index (κ1) is 76.2. The minimum Gasteiger partial charge on any atom is -0.462 e. The fourth-order valence-corrected chi connectivity index (χ4v) is 10.2. The molecule has 10 heteroatoms. The molecule has 0 radical (unpaired) electrons. The molecule has 0 saturated carbocycles. The molecular weight excluding hydrogens is 1000 g/mol. The highest BCUT2D eigenvalue weighted by Gasteiger charge is 2.26. The maximum atomic E-state index is 12.8. The van der Waals surface area contributed by atoms with Crippen molar-refractivity contribution < 1.29 is 37.6 Å². The van der Waals surface area contributed by atoms with Gasteiger partial charge >= 0.3 is 19.8 Å². The predicted octanol–water partition coefficient (Wildman–Crippen LogP) is 21.4. The maximum Gasteiger partial charge on any atom is 0.472 e. The fourth-order valence-electron chi connectivity index (χ4n) is 9.40. The Labute approximate surface area is 487 Å². The van der Waals surface area contributed by atoms with Crippen LogP contribution >= 0.6 is 7.82 Å². The van der Waals surface area contributed by atoms with Gasteiger partial charge in [-0.3, -0.25) is 18.6 Å². The summed E-state index contributed by atoms with van der Waals surface area (Å²) < 4.78 is 33.1. The summed E-state index contributed by atoms with van der Waals surface area (Å²) in [5, 5.41) is 0. The number of esters is 2. The van der Waals surface area contributed by atoms with Crippen LogP contribution in [-0.2, 0) is 32.7 Å². The van der Waals surface area contributed by atoms with E-state index < -0.39 is 26.5 Å². The first-order valence-corrected chi connectivity index (χ1v) is 34.6. The summed E-state index contributed by atoms with van der Waals surface area (Å²) in [6.07, 6.45) is 85.2. The van der Waals surface area contributed by atoms with Crippen molar-refractivity contribution in [2.24, 2.45) is 5.73 Å². The van der Waals surface area contributed by atoms with Gasteiger partial charge < -0.3 is 20.1 Å². The molecule has 0 aliphatic rings.